The van der Waals surface area contributed by atoms with Crippen LogP contribution >= 0.6 is 0 Å². The zero-order valence-corrected chi connectivity index (χ0v) is 23.2. The zero-order valence-electron chi connectivity index (χ0n) is 16.9. The second kappa shape index (κ2) is 13.6. The van der Waals surface area contributed by atoms with Crippen LogP contribution in [0.1, 0.15) is 11.1 Å². The van der Waals surface area contributed by atoms with Crippen LogP contribution < -0.4 is 20.1 Å². The van der Waals surface area contributed by atoms with E-state index in [2.05, 4.69) is 10.6 Å². The predicted molar refractivity (Wildman–Crippen MR) is 110 cm³/mol. The van der Waals surface area contributed by atoms with Crippen molar-refractivity contribution in [2.75, 3.05) is 24.9 Å². The molecule has 0 aliphatic heterocycles. The summed E-state index contributed by atoms with van der Waals surface area (Å²) >= 11 is 0. The molecule has 0 bridgehead atoms. The van der Waals surface area contributed by atoms with Crippen molar-refractivity contribution in [1.29, 1.82) is 0 Å². The smallest absolute Gasteiger partial charge is 0.504 e. The van der Waals surface area contributed by atoms with Crippen LogP contribution in [0.15, 0.2) is 60.7 Å². The number of rotatable bonds is 8. The minimum absolute atomic E-state index is 0. The molecule has 8 heteroatoms. The topological polar surface area (TPSA) is 83.0 Å². The van der Waals surface area contributed by atoms with Crippen LogP contribution in [-0.4, -0.2) is 24.4 Å². The van der Waals surface area contributed by atoms with Crippen LogP contribution in [0.4, 0.5) is 11.4 Å². The third kappa shape index (κ3) is 7.13. The molecule has 0 radical (unpaired) electrons. The Kier molecular flexibility index (Phi) is 12.3. The monoisotopic (exact) mass is 660 g/mol. The molecular weight excluding hydrogens is 636 g/mol. The quantitative estimate of drug-likeness (QED) is 0.288. The maximum atomic E-state index is 10.1. The Hall–Kier alpha value is -0.787. The van der Waals surface area contributed by atoms with E-state index in [4.69, 9.17) is 9.47 Å². The molecule has 0 saturated heterocycles. The predicted octanol–water partition coefficient (Wildman–Crippen LogP) is 4.34. The Morgan fingerprint density at radius 1 is 0.633 bits per heavy atom. The molecule has 0 aliphatic carbocycles. The van der Waals surface area contributed by atoms with Crippen molar-refractivity contribution in [3.63, 3.8) is 0 Å². The molecule has 146 valence electrons. The van der Waals surface area contributed by atoms with Crippen molar-refractivity contribution in [3.8, 4) is 23.0 Å². The van der Waals surface area contributed by atoms with E-state index in [-0.39, 0.29) is 95.0 Å². The van der Waals surface area contributed by atoms with E-state index in [0.29, 0.717) is 24.6 Å². The average Bonchev–Trinajstić information content (AvgIpc) is 2.73. The number of anilines is 2. The van der Waals surface area contributed by atoms with Gasteiger partial charge in [0.2, 0.25) is 0 Å². The van der Waals surface area contributed by atoms with Gasteiger partial charge in [-0.2, -0.15) is 0 Å². The average molecular weight is 661 g/mol. The third-order valence-electron chi connectivity index (χ3n) is 4.46. The van der Waals surface area contributed by atoms with Gasteiger partial charge in [0, 0.05) is 35.6 Å². The first kappa shape index (κ1) is 27.2. The zero-order chi connectivity index (χ0) is 19.9. The van der Waals surface area contributed by atoms with Gasteiger partial charge in [-0.3, -0.25) is 0 Å². The summed E-state index contributed by atoms with van der Waals surface area (Å²) in [6.07, 6.45) is 0. The van der Waals surface area contributed by atoms with Gasteiger partial charge >= 0.3 is 83.5 Å². The normalized spacial score (nSPS) is 9.67. The van der Waals surface area contributed by atoms with E-state index in [0.717, 1.165) is 22.5 Å². The number of benzene rings is 3. The van der Waals surface area contributed by atoms with Crippen LogP contribution in [0.3, 0.4) is 0 Å². The van der Waals surface area contributed by atoms with Crippen molar-refractivity contribution in [2.45, 2.75) is 13.1 Å². The molecule has 0 fully saturated rings. The number of para-hydroxylation sites is 2. The van der Waals surface area contributed by atoms with Crippen molar-refractivity contribution >= 4 is 11.4 Å². The third-order valence-corrected chi connectivity index (χ3v) is 4.46. The summed E-state index contributed by atoms with van der Waals surface area (Å²) in [5.41, 5.74) is 3.37. The van der Waals surface area contributed by atoms with Crippen LogP contribution in [0.25, 0.3) is 0 Å². The molecule has 3 rings (SSSR count). The second-order valence-electron chi connectivity index (χ2n) is 6.22. The molecule has 4 N–H and O–H groups in total. The molecule has 3 aromatic carbocycles. The molecule has 0 aliphatic rings. The minimum Gasteiger partial charge on any atom is -0.504 e. The van der Waals surface area contributed by atoms with Gasteiger partial charge in [0.1, 0.15) is 0 Å². The Morgan fingerprint density at radius 2 is 1.00 bits per heavy atom. The molecule has 3 aromatic rings. The summed E-state index contributed by atoms with van der Waals surface area (Å²) in [5.74, 6) is 1.21. The van der Waals surface area contributed by atoms with E-state index >= 15 is 0 Å². The molecule has 0 saturated carbocycles. The Balaban J connectivity index is 0.00000225. The molecule has 0 aromatic heterocycles. The second-order valence-corrected chi connectivity index (χ2v) is 6.22. The van der Waals surface area contributed by atoms with E-state index in [1.807, 2.05) is 48.5 Å². The number of hydrogen-bond donors (Lipinski definition) is 4. The van der Waals surface area contributed by atoms with E-state index < -0.39 is 0 Å². The molecule has 0 unspecified atom stereocenters. The molecule has 6 nitrogen and oxygen atoms in total. The van der Waals surface area contributed by atoms with Gasteiger partial charge in [-0.15, -0.1) is 0 Å². The fraction of sp³-hybridized carbons (Fsp3) is 0.182. The van der Waals surface area contributed by atoms with Crippen LogP contribution in [0, 0.1) is 83.5 Å². The first-order chi connectivity index (χ1) is 13.6. The minimum atomic E-state index is 0. The van der Waals surface area contributed by atoms with E-state index in [1.165, 1.54) is 14.2 Å². The number of phenolic OH excluding ortho intramolecular Hbond substituents is 2. The van der Waals surface area contributed by atoms with Crippen LogP contribution in [0.5, 0.6) is 23.0 Å². The van der Waals surface area contributed by atoms with Gasteiger partial charge in [0.15, 0.2) is 23.0 Å². The van der Waals surface area contributed by atoms with E-state index in [9.17, 15) is 10.2 Å². The van der Waals surface area contributed by atoms with Gasteiger partial charge in [-0.25, -0.2) is 0 Å². The van der Waals surface area contributed by atoms with Crippen molar-refractivity contribution < 1.29 is 103 Å². The van der Waals surface area contributed by atoms with Gasteiger partial charge in [0.25, 0.3) is 0 Å². The van der Waals surface area contributed by atoms with Gasteiger partial charge in [-0.05, 0) is 36.4 Å². The summed E-state index contributed by atoms with van der Waals surface area (Å²) in [4.78, 5) is 0. The molecule has 30 heavy (non-hydrogen) atoms. The Morgan fingerprint density at radius 3 is 1.33 bits per heavy atom. The SMILES string of the molecule is COc1cccc(CNc2ccc(NCc3cccc(OC)c3O)cc2)c1O.[Ce+4].[Ce+4]. The fourth-order valence-electron chi connectivity index (χ4n) is 2.85. The maximum Gasteiger partial charge on any atom is 4.00 e. The molecule has 0 atom stereocenters. The number of nitrogens with one attached hydrogen (secondary N) is 2. The van der Waals surface area contributed by atoms with Gasteiger partial charge < -0.3 is 30.3 Å². The largest absolute Gasteiger partial charge is 4.00 e. The van der Waals surface area contributed by atoms with Crippen molar-refractivity contribution in [2.24, 2.45) is 0 Å². The number of aromatic hydroxyl groups is 2. The summed E-state index contributed by atoms with van der Waals surface area (Å²) in [7, 11) is 3.06. The van der Waals surface area contributed by atoms with Gasteiger partial charge in [-0.1, -0.05) is 24.3 Å². The summed E-state index contributed by atoms with van der Waals surface area (Å²) < 4.78 is 10.3. The Bertz CT molecular complexity index is 860. The Labute approximate surface area is 244 Å². The van der Waals surface area contributed by atoms with Crippen molar-refractivity contribution in [1.82, 2.24) is 0 Å². The number of phenols is 2. The summed E-state index contributed by atoms with van der Waals surface area (Å²) in [6, 6.07) is 18.6. The summed E-state index contributed by atoms with van der Waals surface area (Å²) in [5, 5.41) is 26.8. The molecular formula is C22H24Ce2N2O4+8. The van der Waals surface area contributed by atoms with Gasteiger partial charge in [0.05, 0.1) is 14.2 Å². The summed E-state index contributed by atoms with van der Waals surface area (Å²) in [6.45, 7) is 0.959. The molecule has 0 spiro atoms. The molecule has 0 heterocycles. The van der Waals surface area contributed by atoms with Crippen LogP contribution in [-0.2, 0) is 13.1 Å². The van der Waals surface area contributed by atoms with Crippen molar-refractivity contribution in [3.05, 3.63) is 71.8 Å². The number of hydrogen-bond acceptors (Lipinski definition) is 6. The maximum absolute atomic E-state index is 10.1. The first-order valence-corrected chi connectivity index (χ1v) is 8.90. The van der Waals surface area contributed by atoms with E-state index in [1.54, 1.807) is 12.1 Å². The fourth-order valence-corrected chi connectivity index (χ4v) is 2.85. The number of ether oxygens (including phenoxy) is 2. The first-order valence-electron chi connectivity index (χ1n) is 8.90. The standard InChI is InChI=1S/C22H24N2O4.2Ce/c1-27-19-7-3-5-15(21(19)25)13-23-17-9-11-18(12-10-17)24-14-16-6-4-8-20(28-2)22(16)26;;/h3-12,23-26H,13-14H2,1-2H3;;/q;2*+4. The molecule has 0 amide bonds. The van der Waals surface area contributed by atoms with Crippen LogP contribution in [0.2, 0.25) is 0 Å². The number of methoxy groups -OCH3 is 2.